The van der Waals surface area contributed by atoms with E-state index in [1.165, 1.54) is 11.1 Å². The number of benzene rings is 1. The molecule has 1 aromatic rings. The van der Waals surface area contributed by atoms with E-state index in [0.717, 1.165) is 39.0 Å². The summed E-state index contributed by atoms with van der Waals surface area (Å²) in [7, 11) is 0. The van der Waals surface area contributed by atoms with Crippen molar-refractivity contribution in [3.63, 3.8) is 0 Å². The van der Waals surface area contributed by atoms with Gasteiger partial charge in [0.2, 0.25) is 0 Å². The van der Waals surface area contributed by atoms with Crippen molar-refractivity contribution < 1.29 is 9.53 Å². The van der Waals surface area contributed by atoms with Crippen molar-refractivity contribution in [2.24, 2.45) is 0 Å². The molecule has 1 unspecified atom stereocenters. The number of ether oxygens (including phenoxy) is 1. The molecule has 5 heteroatoms. The fourth-order valence-corrected chi connectivity index (χ4v) is 3.06. The Hall–Kier alpha value is -2.32. The van der Waals surface area contributed by atoms with E-state index in [1.807, 2.05) is 23.1 Å². The lowest BCUT2D eigenvalue weighted by molar-refractivity contribution is -0.117. The summed E-state index contributed by atoms with van der Waals surface area (Å²) in [6, 6.07) is 10.3. The molecule has 0 aromatic heterocycles. The van der Waals surface area contributed by atoms with Crippen molar-refractivity contribution in [3.8, 4) is 6.07 Å². The summed E-state index contributed by atoms with van der Waals surface area (Å²) in [5.74, 6) is -0.318. The molecule has 0 spiro atoms. The van der Waals surface area contributed by atoms with Crippen LogP contribution in [0.4, 0.5) is 0 Å². The third-order valence-electron chi connectivity index (χ3n) is 4.35. The number of rotatable bonds is 4. The van der Waals surface area contributed by atoms with Gasteiger partial charge in [-0.15, -0.1) is 0 Å². The first-order valence-electron chi connectivity index (χ1n) is 8.09. The Morgan fingerprint density at radius 2 is 2.26 bits per heavy atom. The zero-order chi connectivity index (χ0) is 16.1. The number of nitrogens with zero attached hydrogens (tertiary/aromatic N) is 2. The van der Waals surface area contributed by atoms with Gasteiger partial charge in [-0.1, -0.05) is 24.3 Å². The van der Waals surface area contributed by atoms with E-state index in [2.05, 4.69) is 17.4 Å². The average molecular weight is 311 g/mol. The number of hydrogen-bond donors (Lipinski definition) is 1. The van der Waals surface area contributed by atoms with Gasteiger partial charge in [-0.25, -0.2) is 0 Å². The van der Waals surface area contributed by atoms with Crippen molar-refractivity contribution >= 4 is 5.91 Å². The minimum absolute atomic E-state index is 0.0840. The van der Waals surface area contributed by atoms with Gasteiger partial charge in [-0.05, 0) is 30.4 Å². The first kappa shape index (κ1) is 15.6. The maximum absolute atomic E-state index is 12.2. The zero-order valence-corrected chi connectivity index (χ0v) is 13.1. The predicted molar refractivity (Wildman–Crippen MR) is 86.2 cm³/mol. The molecular weight excluding hydrogens is 290 g/mol. The lowest BCUT2D eigenvalue weighted by atomic mass is 10.0. The Bertz CT molecular complexity index is 642. The highest BCUT2D eigenvalue weighted by Gasteiger charge is 2.19. The Morgan fingerprint density at radius 3 is 3.00 bits per heavy atom. The summed E-state index contributed by atoms with van der Waals surface area (Å²) >= 11 is 0. The van der Waals surface area contributed by atoms with E-state index < -0.39 is 0 Å². The Balaban J connectivity index is 1.60. The lowest BCUT2D eigenvalue weighted by Gasteiger charge is -2.27. The molecule has 2 heterocycles. The van der Waals surface area contributed by atoms with Crippen molar-refractivity contribution in [3.05, 3.63) is 47.2 Å². The normalized spacial score (nSPS) is 20.7. The van der Waals surface area contributed by atoms with E-state index in [1.54, 1.807) is 6.20 Å². The van der Waals surface area contributed by atoms with Gasteiger partial charge in [0.15, 0.2) is 0 Å². The maximum Gasteiger partial charge on any atom is 0.263 e. The van der Waals surface area contributed by atoms with E-state index in [0.29, 0.717) is 6.54 Å². The molecule has 1 saturated heterocycles. The molecule has 120 valence electrons. The number of nitriles is 1. The maximum atomic E-state index is 12.2. The topological polar surface area (TPSA) is 65.4 Å². The average Bonchev–Trinajstić information content (AvgIpc) is 3.11. The van der Waals surface area contributed by atoms with Crippen molar-refractivity contribution in [2.75, 3.05) is 19.7 Å². The van der Waals surface area contributed by atoms with Crippen molar-refractivity contribution in [1.82, 2.24) is 10.2 Å². The van der Waals surface area contributed by atoms with Gasteiger partial charge in [0.1, 0.15) is 11.6 Å². The highest BCUT2D eigenvalue weighted by molar-refractivity contribution is 5.97. The third-order valence-corrected chi connectivity index (χ3v) is 4.35. The second-order valence-electron chi connectivity index (χ2n) is 5.99. The first-order chi connectivity index (χ1) is 11.3. The minimum Gasteiger partial charge on any atom is -0.376 e. The lowest BCUT2D eigenvalue weighted by Crippen LogP contribution is -2.34. The fourth-order valence-electron chi connectivity index (χ4n) is 3.06. The third kappa shape index (κ3) is 3.91. The number of carbonyl (C=O) groups excluding carboxylic acids is 1. The number of fused-ring (bicyclic) bond motifs is 1. The van der Waals surface area contributed by atoms with Gasteiger partial charge >= 0.3 is 0 Å². The number of hydrogen-bond acceptors (Lipinski definition) is 4. The summed E-state index contributed by atoms with van der Waals surface area (Å²) in [4.78, 5) is 14.2. The molecule has 3 rings (SSSR count). The van der Waals surface area contributed by atoms with Gasteiger partial charge < -0.3 is 15.0 Å². The van der Waals surface area contributed by atoms with Crippen molar-refractivity contribution in [1.29, 1.82) is 5.26 Å². The van der Waals surface area contributed by atoms with Crippen LogP contribution in [0, 0.1) is 11.3 Å². The summed E-state index contributed by atoms with van der Waals surface area (Å²) in [6.07, 6.45) is 4.70. The smallest absolute Gasteiger partial charge is 0.263 e. The van der Waals surface area contributed by atoms with Crippen molar-refractivity contribution in [2.45, 2.75) is 31.9 Å². The van der Waals surface area contributed by atoms with Gasteiger partial charge in [-0.3, -0.25) is 4.79 Å². The molecule has 1 amide bonds. The van der Waals surface area contributed by atoms with E-state index in [-0.39, 0.29) is 17.6 Å². The van der Waals surface area contributed by atoms with E-state index in [4.69, 9.17) is 4.74 Å². The summed E-state index contributed by atoms with van der Waals surface area (Å²) < 4.78 is 5.48. The molecule has 23 heavy (non-hydrogen) atoms. The van der Waals surface area contributed by atoms with Crippen LogP contribution >= 0.6 is 0 Å². The number of carbonyl (C=O) groups is 1. The van der Waals surface area contributed by atoms with E-state index >= 15 is 0 Å². The number of nitrogens with one attached hydrogen (secondary N) is 1. The molecule has 0 bridgehead atoms. The quantitative estimate of drug-likeness (QED) is 0.679. The van der Waals surface area contributed by atoms with Gasteiger partial charge in [-0.2, -0.15) is 5.26 Å². The van der Waals surface area contributed by atoms with Crippen LogP contribution in [-0.4, -0.2) is 36.6 Å². The Morgan fingerprint density at radius 1 is 1.43 bits per heavy atom. The molecule has 5 nitrogen and oxygen atoms in total. The molecule has 1 N–H and O–H groups in total. The van der Waals surface area contributed by atoms with Crippen LogP contribution in [0.5, 0.6) is 0 Å². The monoisotopic (exact) mass is 311 g/mol. The molecule has 2 aliphatic rings. The Labute approximate surface area is 136 Å². The van der Waals surface area contributed by atoms with Gasteiger partial charge in [0.25, 0.3) is 5.91 Å². The second kappa shape index (κ2) is 7.30. The largest absolute Gasteiger partial charge is 0.376 e. The van der Waals surface area contributed by atoms with Crippen LogP contribution in [0.15, 0.2) is 36.0 Å². The molecule has 1 fully saturated rings. The fraction of sp³-hybridized carbons (Fsp3) is 0.444. The molecule has 1 atom stereocenters. The molecule has 1 aromatic carbocycles. The summed E-state index contributed by atoms with van der Waals surface area (Å²) in [5.41, 5.74) is 2.76. The zero-order valence-electron chi connectivity index (χ0n) is 13.1. The predicted octanol–water partition coefficient (Wildman–Crippen LogP) is 1.75. The van der Waals surface area contributed by atoms with Crippen LogP contribution in [-0.2, 0) is 22.5 Å². The molecule has 0 saturated carbocycles. The van der Waals surface area contributed by atoms with Gasteiger partial charge in [0.05, 0.1) is 6.10 Å². The van der Waals surface area contributed by atoms with Crippen LogP contribution in [0.25, 0.3) is 0 Å². The number of amides is 1. The van der Waals surface area contributed by atoms with Crippen LogP contribution in [0.3, 0.4) is 0 Å². The van der Waals surface area contributed by atoms with Crippen LogP contribution < -0.4 is 5.32 Å². The molecule has 2 aliphatic heterocycles. The van der Waals surface area contributed by atoms with Crippen LogP contribution in [0.1, 0.15) is 24.0 Å². The standard InChI is InChI=1S/C18H21N3O2/c19-10-16(18(22)20-11-17-6-3-9-23-17)13-21-8-7-14-4-1-2-5-15(14)12-21/h1-2,4-5,13,17H,3,6-9,11-12H2,(H,20,22)/b16-13-. The molecule has 0 aliphatic carbocycles. The highest BCUT2D eigenvalue weighted by atomic mass is 16.5. The van der Waals surface area contributed by atoms with E-state index in [9.17, 15) is 10.1 Å². The van der Waals surface area contributed by atoms with Gasteiger partial charge in [0, 0.05) is 32.4 Å². The summed E-state index contributed by atoms with van der Waals surface area (Å²) in [5, 5.41) is 12.1. The minimum atomic E-state index is -0.318. The second-order valence-corrected chi connectivity index (χ2v) is 5.99. The molecular formula is C18H21N3O2. The molecule has 0 radical (unpaired) electrons. The summed E-state index contributed by atoms with van der Waals surface area (Å²) in [6.45, 7) is 2.79. The SMILES string of the molecule is N#C/C(=C/N1CCc2ccccc2C1)C(=O)NCC1CCCO1. The first-order valence-corrected chi connectivity index (χ1v) is 8.09. The highest BCUT2D eigenvalue weighted by Crippen LogP contribution is 2.19. The van der Waals surface area contributed by atoms with Crippen LogP contribution in [0.2, 0.25) is 0 Å². The Kier molecular flexibility index (Phi) is 4.94.